The Balaban J connectivity index is 1.43. The topological polar surface area (TPSA) is 59.2 Å². The molecule has 5 rings (SSSR count). The zero-order chi connectivity index (χ0) is 20.7. The lowest BCUT2D eigenvalue weighted by Crippen LogP contribution is -2.35. The number of thiazole rings is 1. The van der Waals surface area contributed by atoms with Crippen LogP contribution in [0.5, 0.6) is 0 Å². The lowest BCUT2D eigenvalue weighted by atomic mass is 9.99. The standard InChI is InChI=1S/C20H17F3N6S/c21-20(22,23)15-12-30-19(24-15)14-7-4-10-28(11-14)17-9-8-16-25-26-18(29(16)27-17)13-5-2-1-3-6-13/h1-3,5-6,8-9,12,14H,4,7,10-11H2. The van der Waals surface area contributed by atoms with Crippen molar-refractivity contribution < 1.29 is 13.2 Å². The number of piperidine rings is 1. The largest absolute Gasteiger partial charge is 0.434 e. The van der Waals surface area contributed by atoms with Crippen molar-refractivity contribution in [3.8, 4) is 11.4 Å². The minimum absolute atomic E-state index is 0.0492. The summed E-state index contributed by atoms with van der Waals surface area (Å²) >= 11 is 1.08. The first kappa shape index (κ1) is 19.0. The smallest absolute Gasteiger partial charge is 0.354 e. The van der Waals surface area contributed by atoms with Crippen molar-refractivity contribution in [2.75, 3.05) is 18.0 Å². The summed E-state index contributed by atoms with van der Waals surface area (Å²) in [5.41, 5.74) is 0.741. The van der Waals surface area contributed by atoms with E-state index in [1.54, 1.807) is 4.52 Å². The van der Waals surface area contributed by atoms with E-state index in [1.165, 1.54) is 0 Å². The monoisotopic (exact) mass is 430 g/mol. The maximum absolute atomic E-state index is 12.9. The molecule has 4 aromatic rings. The molecule has 0 N–H and O–H groups in total. The normalized spacial score (nSPS) is 17.6. The van der Waals surface area contributed by atoms with Gasteiger partial charge in [-0.15, -0.1) is 26.6 Å². The van der Waals surface area contributed by atoms with Crippen LogP contribution in [0.1, 0.15) is 29.5 Å². The summed E-state index contributed by atoms with van der Waals surface area (Å²) in [6.45, 7) is 1.36. The van der Waals surface area contributed by atoms with Gasteiger partial charge in [0.25, 0.3) is 0 Å². The SMILES string of the molecule is FC(F)(F)c1csc(C2CCCN(c3ccc4nnc(-c5ccccc5)n4n3)C2)n1. The fraction of sp³-hybridized carbons (Fsp3) is 0.300. The van der Waals surface area contributed by atoms with Crippen molar-refractivity contribution in [2.45, 2.75) is 24.9 Å². The molecule has 154 valence electrons. The van der Waals surface area contributed by atoms with Gasteiger partial charge in [0.2, 0.25) is 0 Å². The Morgan fingerprint density at radius 1 is 1.03 bits per heavy atom. The lowest BCUT2D eigenvalue weighted by molar-refractivity contribution is -0.140. The molecule has 4 heterocycles. The molecule has 0 amide bonds. The van der Waals surface area contributed by atoms with Gasteiger partial charge in [0.1, 0.15) is 5.82 Å². The molecule has 1 fully saturated rings. The van der Waals surface area contributed by atoms with Crippen molar-refractivity contribution in [3.05, 3.63) is 58.5 Å². The van der Waals surface area contributed by atoms with Gasteiger partial charge in [0, 0.05) is 30.0 Å². The molecule has 1 atom stereocenters. The molecule has 3 aromatic heterocycles. The molecular formula is C20H17F3N6S. The Hall–Kier alpha value is -3.01. The summed E-state index contributed by atoms with van der Waals surface area (Å²) in [5, 5.41) is 14.8. The van der Waals surface area contributed by atoms with Gasteiger partial charge in [-0.3, -0.25) is 0 Å². The molecule has 1 aromatic carbocycles. The number of alkyl halides is 3. The highest BCUT2D eigenvalue weighted by Gasteiger charge is 2.35. The van der Waals surface area contributed by atoms with Crippen LogP contribution in [0.25, 0.3) is 17.0 Å². The molecule has 1 saturated heterocycles. The van der Waals surface area contributed by atoms with Gasteiger partial charge >= 0.3 is 6.18 Å². The van der Waals surface area contributed by atoms with Gasteiger partial charge in [0.05, 0.1) is 5.01 Å². The van der Waals surface area contributed by atoms with E-state index in [1.807, 2.05) is 42.5 Å². The highest BCUT2D eigenvalue weighted by atomic mass is 32.1. The Morgan fingerprint density at radius 2 is 1.87 bits per heavy atom. The molecule has 0 aliphatic carbocycles. The van der Waals surface area contributed by atoms with Crippen molar-refractivity contribution in [3.63, 3.8) is 0 Å². The van der Waals surface area contributed by atoms with Gasteiger partial charge < -0.3 is 4.90 Å². The zero-order valence-electron chi connectivity index (χ0n) is 15.8. The van der Waals surface area contributed by atoms with Gasteiger partial charge in [-0.1, -0.05) is 30.3 Å². The second-order valence-corrected chi connectivity index (χ2v) is 8.09. The number of benzene rings is 1. The van der Waals surface area contributed by atoms with E-state index in [9.17, 15) is 13.2 Å². The summed E-state index contributed by atoms with van der Waals surface area (Å²) < 4.78 is 40.5. The summed E-state index contributed by atoms with van der Waals surface area (Å²) in [4.78, 5) is 5.94. The fourth-order valence-corrected chi connectivity index (χ4v) is 4.66. The van der Waals surface area contributed by atoms with E-state index >= 15 is 0 Å². The molecule has 1 aliphatic rings. The van der Waals surface area contributed by atoms with Crippen molar-refractivity contribution in [1.82, 2.24) is 24.8 Å². The van der Waals surface area contributed by atoms with E-state index in [0.717, 1.165) is 47.5 Å². The highest BCUT2D eigenvalue weighted by Crippen LogP contribution is 2.35. The van der Waals surface area contributed by atoms with Crippen LogP contribution in [0.15, 0.2) is 47.8 Å². The number of anilines is 1. The molecule has 0 saturated carbocycles. The number of aromatic nitrogens is 5. The van der Waals surface area contributed by atoms with E-state index in [2.05, 4.69) is 20.1 Å². The first-order valence-corrected chi connectivity index (χ1v) is 10.4. The molecule has 0 radical (unpaired) electrons. The third-order valence-electron chi connectivity index (χ3n) is 5.19. The predicted molar refractivity (Wildman–Crippen MR) is 108 cm³/mol. The van der Waals surface area contributed by atoms with Crippen molar-refractivity contribution in [1.29, 1.82) is 0 Å². The van der Waals surface area contributed by atoms with Crippen LogP contribution in [-0.2, 0) is 6.18 Å². The summed E-state index contributed by atoms with van der Waals surface area (Å²) in [6.07, 6.45) is -2.73. The number of hydrogen-bond acceptors (Lipinski definition) is 6. The third kappa shape index (κ3) is 3.51. The highest BCUT2D eigenvalue weighted by molar-refractivity contribution is 7.09. The van der Waals surface area contributed by atoms with Crippen molar-refractivity contribution >= 4 is 22.8 Å². The Kier molecular flexibility index (Phi) is 4.65. The average molecular weight is 430 g/mol. The quantitative estimate of drug-likeness (QED) is 0.474. The van der Waals surface area contributed by atoms with Crippen LogP contribution in [0.4, 0.5) is 19.0 Å². The van der Waals surface area contributed by atoms with E-state index in [0.29, 0.717) is 23.0 Å². The number of hydrogen-bond donors (Lipinski definition) is 0. The summed E-state index contributed by atoms with van der Waals surface area (Å²) in [7, 11) is 0. The average Bonchev–Trinajstić information content (AvgIpc) is 3.41. The zero-order valence-corrected chi connectivity index (χ0v) is 16.6. The van der Waals surface area contributed by atoms with E-state index < -0.39 is 11.9 Å². The van der Waals surface area contributed by atoms with Gasteiger partial charge in [-0.2, -0.15) is 17.7 Å². The van der Waals surface area contributed by atoms with Crippen LogP contribution in [0.2, 0.25) is 0 Å². The summed E-state index contributed by atoms with van der Waals surface area (Å²) in [5.74, 6) is 1.35. The first-order chi connectivity index (χ1) is 14.5. The van der Waals surface area contributed by atoms with Crippen molar-refractivity contribution in [2.24, 2.45) is 0 Å². The van der Waals surface area contributed by atoms with Gasteiger partial charge in [-0.25, -0.2) is 4.98 Å². The molecule has 0 spiro atoms. The second kappa shape index (κ2) is 7.35. The lowest BCUT2D eigenvalue weighted by Gasteiger charge is -2.32. The number of nitrogens with zero attached hydrogens (tertiary/aromatic N) is 6. The summed E-state index contributed by atoms with van der Waals surface area (Å²) in [6, 6.07) is 13.4. The Bertz CT molecular complexity index is 1170. The maximum atomic E-state index is 12.9. The molecule has 30 heavy (non-hydrogen) atoms. The minimum Gasteiger partial charge on any atom is -0.354 e. The number of halogens is 3. The third-order valence-corrected chi connectivity index (χ3v) is 6.19. The van der Waals surface area contributed by atoms with Crippen LogP contribution in [0, 0.1) is 0 Å². The molecule has 1 unspecified atom stereocenters. The van der Waals surface area contributed by atoms with E-state index in [-0.39, 0.29) is 5.92 Å². The second-order valence-electron chi connectivity index (χ2n) is 7.21. The van der Waals surface area contributed by atoms with Gasteiger partial charge in [-0.05, 0) is 25.0 Å². The molecule has 1 aliphatic heterocycles. The van der Waals surface area contributed by atoms with Gasteiger partial charge in [0.15, 0.2) is 17.2 Å². The molecular weight excluding hydrogens is 413 g/mol. The Labute approximate surface area is 174 Å². The van der Waals surface area contributed by atoms with Crippen LogP contribution < -0.4 is 4.90 Å². The van der Waals surface area contributed by atoms with E-state index in [4.69, 9.17) is 5.10 Å². The Morgan fingerprint density at radius 3 is 2.63 bits per heavy atom. The number of fused-ring (bicyclic) bond motifs is 1. The maximum Gasteiger partial charge on any atom is 0.434 e. The minimum atomic E-state index is -4.40. The van der Waals surface area contributed by atoms with Crippen LogP contribution in [0.3, 0.4) is 0 Å². The molecule has 0 bridgehead atoms. The first-order valence-electron chi connectivity index (χ1n) is 9.54. The molecule has 6 nitrogen and oxygen atoms in total. The number of rotatable bonds is 3. The predicted octanol–water partition coefficient (Wildman–Crippen LogP) is 4.65. The molecule has 10 heteroatoms. The van der Waals surface area contributed by atoms with Crippen LogP contribution >= 0.6 is 11.3 Å². The fourth-order valence-electron chi connectivity index (χ4n) is 3.71. The van der Waals surface area contributed by atoms with Crippen LogP contribution in [-0.4, -0.2) is 37.9 Å².